The number of ether oxygens (including phenoxy) is 1. The summed E-state index contributed by atoms with van der Waals surface area (Å²) < 4.78 is 5.28. The monoisotopic (exact) mass is 293 g/mol. The highest BCUT2D eigenvalue weighted by molar-refractivity contribution is 6.26. The number of allylic oxidation sites excluding steroid dienone is 2. The average Bonchev–Trinajstić information content (AvgIpc) is 2.92. The van der Waals surface area contributed by atoms with Gasteiger partial charge in [-0.3, -0.25) is 4.79 Å². The molecule has 0 amide bonds. The van der Waals surface area contributed by atoms with E-state index in [0.717, 1.165) is 28.1 Å². The van der Waals surface area contributed by atoms with E-state index >= 15 is 0 Å². The van der Waals surface area contributed by atoms with E-state index in [0.29, 0.717) is 6.42 Å². The molecule has 0 saturated heterocycles. The Balaban J connectivity index is 2.00. The molecule has 1 aliphatic carbocycles. The number of ketones is 1. The predicted octanol–water partition coefficient (Wildman–Crippen LogP) is 3.38. The van der Waals surface area contributed by atoms with Crippen LogP contribution in [0.15, 0.2) is 60.3 Å². The number of Topliss-reactive ketones (excluding diaryl/α,β-unsaturated/α-hetero) is 1. The van der Waals surface area contributed by atoms with Crippen LogP contribution in [0.1, 0.15) is 23.5 Å². The number of methoxy groups -OCH3 is 1. The van der Waals surface area contributed by atoms with E-state index in [-0.39, 0.29) is 11.7 Å². The number of hydrogen-bond donors (Lipinski definition) is 1. The van der Waals surface area contributed by atoms with Gasteiger partial charge < -0.3 is 10.1 Å². The van der Waals surface area contributed by atoms with Crippen molar-refractivity contribution >= 4 is 11.4 Å². The van der Waals surface area contributed by atoms with Crippen LogP contribution in [0.5, 0.6) is 5.75 Å². The molecule has 112 valence electrons. The van der Waals surface area contributed by atoms with Crippen LogP contribution >= 0.6 is 0 Å². The van der Waals surface area contributed by atoms with Gasteiger partial charge in [0, 0.05) is 24.7 Å². The highest BCUT2D eigenvalue weighted by Crippen LogP contribution is 2.39. The van der Waals surface area contributed by atoms with Crippen LogP contribution in [0.2, 0.25) is 0 Å². The molecule has 0 spiro atoms. The summed E-state index contributed by atoms with van der Waals surface area (Å²) >= 11 is 0. The van der Waals surface area contributed by atoms with E-state index in [9.17, 15) is 4.79 Å². The molecule has 0 saturated carbocycles. The zero-order valence-electron chi connectivity index (χ0n) is 12.8. The van der Waals surface area contributed by atoms with Crippen LogP contribution in [-0.2, 0) is 4.79 Å². The smallest absolute Gasteiger partial charge is 0.173 e. The van der Waals surface area contributed by atoms with Crippen LogP contribution in [0.25, 0.3) is 5.57 Å². The molecule has 3 rings (SSSR count). The minimum absolute atomic E-state index is 0.107. The fourth-order valence-electron chi connectivity index (χ4n) is 3.00. The van der Waals surface area contributed by atoms with E-state index in [2.05, 4.69) is 5.32 Å². The van der Waals surface area contributed by atoms with Crippen molar-refractivity contribution in [3.63, 3.8) is 0 Å². The molecule has 2 aromatic carbocycles. The molecule has 0 aliphatic heterocycles. The molecular weight excluding hydrogens is 274 g/mol. The molecule has 22 heavy (non-hydrogen) atoms. The van der Waals surface area contributed by atoms with Gasteiger partial charge in [-0.15, -0.1) is 0 Å². The Labute approximate surface area is 130 Å². The van der Waals surface area contributed by atoms with Crippen molar-refractivity contribution in [2.24, 2.45) is 0 Å². The van der Waals surface area contributed by atoms with Gasteiger partial charge in [-0.25, -0.2) is 0 Å². The first kappa shape index (κ1) is 14.4. The lowest BCUT2D eigenvalue weighted by Gasteiger charge is -2.10. The van der Waals surface area contributed by atoms with E-state index in [4.69, 9.17) is 4.74 Å². The van der Waals surface area contributed by atoms with Gasteiger partial charge in [-0.05, 0) is 23.3 Å². The maximum Gasteiger partial charge on any atom is 0.173 e. The zero-order valence-corrected chi connectivity index (χ0v) is 12.8. The van der Waals surface area contributed by atoms with Crippen LogP contribution in [0.3, 0.4) is 0 Å². The Kier molecular flexibility index (Phi) is 3.96. The second kappa shape index (κ2) is 6.06. The van der Waals surface area contributed by atoms with Gasteiger partial charge in [-0.2, -0.15) is 0 Å². The van der Waals surface area contributed by atoms with Crippen molar-refractivity contribution in [1.29, 1.82) is 0 Å². The summed E-state index contributed by atoms with van der Waals surface area (Å²) in [5.41, 5.74) is 3.74. The number of rotatable bonds is 4. The first-order chi connectivity index (χ1) is 10.7. The topological polar surface area (TPSA) is 38.3 Å². The lowest BCUT2D eigenvalue weighted by Crippen LogP contribution is -2.08. The first-order valence-corrected chi connectivity index (χ1v) is 7.39. The van der Waals surface area contributed by atoms with E-state index in [1.807, 2.05) is 61.6 Å². The van der Waals surface area contributed by atoms with Gasteiger partial charge in [0.1, 0.15) is 5.75 Å². The third kappa shape index (κ3) is 2.50. The molecule has 1 unspecified atom stereocenters. The summed E-state index contributed by atoms with van der Waals surface area (Å²) in [6, 6.07) is 17.6. The number of hydrogen-bond acceptors (Lipinski definition) is 3. The Morgan fingerprint density at radius 1 is 1.09 bits per heavy atom. The Morgan fingerprint density at radius 3 is 2.55 bits per heavy atom. The van der Waals surface area contributed by atoms with Gasteiger partial charge in [0.25, 0.3) is 0 Å². The first-order valence-electron chi connectivity index (χ1n) is 7.39. The number of carbonyl (C=O) groups excluding carboxylic acids is 1. The minimum Gasteiger partial charge on any atom is -0.497 e. The van der Waals surface area contributed by atoms with E-state index < -0.39 is 0 Å². The molecule has 1 N–H and O–H groups in total. The summed E-state index contributed by atoms with van der Waals surface area (Å²) in [7, 11) is 3.51. The molecule has 3 heteroatoms. The third-order valence-corrected chi connectivity index (χ3v) is 4.14. The van der Waals surface area contributed by atoms with Crippen molar-refractivity contribution in [3.8, 4) is 5.75 Å². The fraction of sp³-hybridized carbons (Fsp3) is 0.211. The Bertz CT molecular complexity index is 719. The summed E-state index contributed by atoms with van der Waals surface area (Å²) in [4.78, 5) is 12.9. The van der Waals surface area contributed by atoms with Crippen LogP contribution < -0.4 is 10.1 Å². The van der Waals surface area contributed by atoms with E-state index in [1.165, 1.54) is 0 Å². The SMILES string of the molecule is CNC1=C(c2cccc(OC)c2)C(=O)C(c2ccccc2)C1. The molecule has 0 aromatic heterocycles. The van der Waals surface area contributed by atoms with Crippen LogP contribution in [0.4, 0.5) is 0 Å². The maximum absolute atomic E-state index is 12.9. The van der Waals surface area contributed by atoms with Crippen molar-refractivity contribution in [2.45, 2.75) is 12.3 Å². The molecule has 1 atom stereocenters. The second-order valence-electron chi connectivity index (χ2n) is 5.37. The van der Waals surface area contributed by atoms with Crippen molar-refractivity contribution in [2.75, 3.05) is 14.2 Å². The lowest BCUT2D eigenvalue weighted by atomic mass is 9.93. The predicted molar refractivity (Wildman–Crippen MR) is 87.8 cm³/mol. The van der Waals surface area contributed by atoms with Crippen molar-refractivity contribution in [3.05, 3.63) is 71.4 Å². The highest BCUT2D eigenvalue weighted by atomic mass is 16.5. The molecule has 1 aliphatic rings. The largest absolute Gasteiger partial charge is 0.497 e. The molecular formula is C19H19NO2. The number of benzene rings is 2. The quantitative estimate of drug-likeness (QED) is 0.939. The van der Waals surface area contributed by atoms with Gasteiger partial charge in [-0.1, -0.05) is 42.5 Å². The summed E-state index contributed by atoms with van der Waals surface area (Å²) in [5, 5.41) is 3.20. The summed E-state index contributed by atoms with van der Waals surface area (Å²) in [5.74, 6) is 0.824. The lowest BCUT2D eigenvalue weighted by molar-refractivity contribution is -0.114. The molecule has 0 fully saturated rings. The molecule has 0 heterocycles. The highest BCUT2D eigenvalue weighted by Gasteiger charge is 2.34. The fourth-order valence-corrected chi connectivity index (χ4v) is 3.00. The average molecular weight is 293 g/mol. The van der Waals surface area contributed by atoms with E-state index in [1.54, 1.807) is 7.11 Å². The van der Waals surface area contributed by atoms with Crippen LogP contribution in [-0.4, -0.2) is 19.9 Å². The molecule has 2 aromatic rings. The maximum atomic E-state index is 12.9. The second-order valence-corrected chi connectivity index (χ2v) is 5.37. The van der Waals surface area contributed by atoms with Gasteiger partial charge in [0.05, 0.1) is 13.0 Å². The Morgan fingerprint density at radius 2 is 1.86 bits per heavy atom. The molecule has 0 radical (unpaired) electrons. The zero-order chi connectivity index (χ0) is 15.5. The van der Waals surface area contributed by atoms with Gasteiger partial charge >= 0.3 is 0 Å². The Hall–Kier alpha value is -2.55. The third-order valence-electron chi connectivity index (χ3n) is 4.14. The van der Waals surface area contributed by atoms with Crippen LogP contribution in [0, 0.1) is 0 Å². The molecule has 3 nitrogen and oxygen atoms in total. The number of carbonyl (C=O) groups is 1. The summed E-state index contributed by atoms with van der Waals surface area (Å²) in [6.07, 6.45) is 0.714. The van der Waals surface area contributed by atoms with Crippen molar-refractivity contribution in [1.82, 2.24) is 5.32 Å². The van der Waals surface area contributed by atoms with Gasteiger partial charge in [0.2, 0.25) is 0 Å². The minimum atomic E-state index is -0.107. The van der Waals surface area contributed by atoms with Crippen molar-refractivity contribution < 1.29 is 9.53 Å². The van der Waals surface area contributed by atoms with Gasteiger partial charge in [0.15, 0.2) is 5.78 Å². The summed E-state index contributed by atoms with van der Waals surface area (Å²) in [6.45, 7) is 0. The standard InChI is InChI=1S/C19H19NO2/c1-20-17-12-16(13-7-4-3-5-8-13)19(21)18(17)14-9-6-10-15(11-14)22-2/h3-11,16,20H,12H2,1-2H3. The number of nitrogens with one attached hydrogen (secondary N) is 1. The molecule has 0 bridgehead atoms. The normalized spacial score (nSPS) is 17.7.